The van der Waals surface area contributed by atoms with Gasteiger partial charge in [0.15, 0.2) is 18.1 Å². The molecule has 3 aromatic carbocycles. The maximum Gasteiger partial charge on any atom is 0.232 e. The maximum absolute atomic E-state index is 12.8. The fraction of sp³-hybridized carbons (Fsp3) is 0.120. The molecule has 0 spiro atoms. The van der Waals surface area contributed by atoms with Gasteiger partial charge in [0.05, 0.1) is 5.56 Å². The number of aryl methyl sites for hydroxylation is 2. The average Bonchev–Trinajstić information content (AvgIpc) is 3.04. The van der Waals surface area contributed by atoms with E-state index in [0.29, 0.717) is 22.6 Å². The van der Waals surface area contributed by atoms with Gasteiger partial charge in [-0.25, -0.2) is 0 Å². The SMILES string of the molecule is Cc1ccc(/C=C2\Oc3cc(OCC(=O)c4ccc(Br)cc4)cc(C)c3C2=O)cc1. The van der Waals surface area contributed by atoms with Gasteiger partial charge < -0.3 is 9.47 Å². The van der Waals surface area contributed by atoms with E-state index in [1.165, 1.54) is 0 Å². The van der Waals surface area contributed by atoms with Crippen molar-refractivity contribution in [3.05, 3.63) is 98.7 Å². The summed E-state index contributed by atoms with van der Waals surface area (Å²) in [6.07, 6.45) is 1.73. The Kier molecular flexibility index (Phi) is 5.55. The summed E-state index contributed by atoms with van der Waals surface area (Å²) < 4.78 is 12.4. The van der Waals surface area contributed by atoms with Crippen LogP contribution in [0.2, 0.25) is 0 Å². The molecule has 3 aromatic rings. The Hall–Kier alpha value is -3.18. The highest BCUT2D eigenvalue weighted by Gasteiger charge is 2.30. The molecule has 4 nitrogen and oxygen atoms in total. The van der Waals surface area contributed by atoms with Crippen LogP contribution in [-0.2, 0) is 0 Å². The molecule has 0 bridgehead atoms. The second-order valence-electron chi connectivity index (χ2n) is 7.18. The van der Waals surface area contributed by atoms with Crippen LogP contribution in [-0.4, -0.2) is 18.2 Å². The number of carbonyl (C=O) groups is 2. The Morgan fingerprint density at radius 3 is 2.43 bits per heavy atom. The largest absolute Gasteiger partial charge is 0.485 e. The lowest BCUT2D eigenvalue weighted by Gasteiger charge is -2.09. The highest BCUT2D eigenvalue weighted by atomic mass is 79.9. The number of ketones is 2. The Balaban J connectivity index is 1.51. The van der Waals surface area contributed by atoms with Crippen molar-refractivity contribution in [3.8, 4) is 11.5 Å². The van der Waals surface area contributed by atoms with E-state index >= 15 is 0 Å². The van der Waals surface area contributed by atoms with Gasteiger partial charge in [0.25, 0.3) is 0 Å². The first kappa shape index (κ1) is 20.1. The topological polar surface area (TPSA) is 52.6 Å². The van der Waals surface area contributed by atoms with Crippen molar-refractivity contribution in [2.75, 3.05) is 6.61 Å². The van der Waals surface area contributed by atoms with E-state index in [-0.39, 0.29) is 23.9 Å². The predicted octanol–water partition coefficient (Wildman–Crippen LogP) is 5.94. The molecule has 0 saturated heterocycles. The van der Waals surface area contributed by atoms with Crippen LogP contribution in [0.3, 0.4) is 0 Å². The molecular formula is C25H19BrO4. The van der Waals surface area contributed by atoms with Gasteiger partial charge in [-0.1, -0.05) is 57.9 Å². The van der Waals surface area contributed by atoms with Gasteiger partial charge in [-0.05, 0) is 49.2 Å². The first-order valence-electron chi connectivity index (χ1n) is 9.48. The number of allylic oxidation sites excluding steroid dienone is 1. The number of fused-ring (bicyclic) bond motifs is 1. The summed E-state index contributed by atoms with van der Waals surface area (Å²) in [6, 6.07) is 18.4. The number of hydrogen-bond acceptors (Lipinski definition) is 4. The smallest absolute Gasteiger partial charge is 0.232 e. The van der Waals surface area contributed by atoms with Crippen LogP contribution in [0.25, 0.3) is 6.08 Å². The molecule has 0 amide bonds. The minimum atomic E-state index is -0.152. The van der Waals surface area contributed by atoms with Gasteiger partial charge >= 0.3 is 0 Å². The average molecular weight is 463 g/mol. The number of ether oxygens (including phenoxy) is 2. The predicted molar refractivity (Wildman–Crippen MR) is 119 cm³/mol. The molecular weight excluding hydrogens is 444 g/mol. The maximum atomic E-state index is 12.8. The standard InChI is InChI=1S/C25H19BrO4/c1-15-3-5-17(6-4-15)12-23-25(28)24-16(2)11-20(13-22(24)30-23)29-14-21(27)18-7-9-19(26)10-8-18/h3-13H,14H2,1-2H3/b23-12-. The third-order valence-corrected chi connectivity index (χ3v) is 5.38. The molecule has 0 aliphatic carbocycles. The molecule has 0 fully saturated rings. The molecule has 1 aliphatic rings. The highest BCUT2D eigenvalue weighted by Crippen LogP contribution is 2.37. The van der Waals surface area contributed by atoms with Crippen molar-refractivity contribution in [1.29, 1.82) is 0 Å². The van der Waals surface area contributed by atoms with Crippen LogP contribution < -0.4 is 9.47 Å². The van der Waals surface area contributed by atoms with E-state index in [9.17, 15) is 9.59 Å². The van der Waals surface area contributed by atoms with Crippen LogP contribution in [0.4, 0.5) is 0 Å². The molecule has 0 aromatic heterocycles. The van der Waals surface area contributed by atoms with E-state index in [0.717, 1.165) is 21.2 Å². The van der Waals surface area contributed by atoms with E-state index in [4.69, 9.17) is 9.47 Å². The van der Waals surface area contributed by atoms with Gasteiger partial charge in [-0.3, -0.25) is 9.59 Å². The molecule has 1 aliphatic heterocycles. The van der Waals surface area contributed by atoms with Gasteiger partial charge in [0.2, 0.25) is 5.78 Å². The number of hydrogen-bond donors (Lipinski definition) is 0. The first-order chi connectivity index (χ1) is 14.4. The summed E-state index contributed by atoms with van der Waals surface area (Å²) in [5, 5.41) is 0. The number of rotatable bonds is 5. The lowest BCUT2D eigenvalue weighted by molar-refractivity contribution is 0.0920. The van der Waals surface area contributed by atoms with Crippen LogP contribution in [0, 0.1) is 13.8 Å². The van der Waals surface area contributed by atoms with Crippen molar-refractivity contribution in [2.45, 2.75) is 13.8 Å². The zero-order valence-electron chi connectivity index (χ0n) is 16.6. The Morgan fingerprint density at radius 2 is 1.73 bits per heavy atom. The number of halogens is 1. The quantitative estimate of drug-likeness (QED) is 0.347. The van der Waals surface area contributed by atoms with Crippen molar-refractivity contribution in [3.63, 3.8) is 0 Å². The second kappa shape index (κ2) is 8.28. The molecule has 0 N–H and O–H groups in total. The molecule has 0 unspecified atom stereocenters. The lowest BCUT2D eigenvalue weighted by atomic mass is 10.0. The Labute approximate surface area is 183 Å². The van der Waals surface area contributed by atoms with Crippen LogP contribution in [0.5, 0.6) is 11.5 Å². The summed E-state index contributed by atoms with van der Waals surface area (Å²) in [6.45, 7) is 3.74. The third-order valence-electron chi connectivity index (χ3n) is 4.85. The molecule has 0 radical (unpaired) electrons. The van der Waals surface area contributed by atoms with Crippen molar-refractivity contribution in [2.24, 2.45) is 0 Å². The summed E-state index contributed by atoms with van der Waals surface area (Å²) >= 11 is 3.35. The zero-order valence-corrected chi connectivity index (χ0v) is 18.2. The molecule has 0 atom stereocenters. The van der Waals surface area contributed by atoms with Crippen molar-refractivity contribution < 1.29 is 19.1 Å². The van der Waals surface area contributed by atoms with Gasteiger partial charge in [-0.2, -0.15) is 0 Å². The molecule has 1 heterocycles. The van der Waals surface area contributed by atoms with E-state index in [1.54, 1.807) is 30.3 Å². The molecule has 0 saturated carbocycles. The normalized spacial score (nSPS) is 13.8. The van der Waals surface area contributed by atoms with Crippen molar-refractivity contribution >= 4 is 33.6 Å². The molecule has 4 rings (SSSR count). The fourth-order valence-corrected chi connectivity index (χ4v) is 3.51. The summed E-state index contributed by atoms with van der Waals surface area (Å²) in [5.74, 6) is 0.934. The minimum absolute atomic E-state index is 0.0974. The highest BCUT2D eigenvalue weighted by molar-refractivity contribution is 9.10. The number of carbonyl (C=O) groups excluding carboxylic acids is 2. The van der Waals surface area contributed by atoms with Crippen LogP contribution in [0.15, 0.2) is 70.9 Å². The van der Waals surface area contributed by atoms with E-state index < -0.39 is 0 Å². The van der Waals surface area contributed by atoms with E-state index in [1.807, 2.05) is 50.2 Å². The number of Topliss-reactive ketones (excluding diaryl/α,β-unsaturated/α-hetero) is 2. The van der Waals surface area contributed by atoms with Crippen LogP contribution in [0.1, 0.15) is 37.4 Å². The zero-order chi connectivity index (χ0) is 21.3. The van der Waals surface area contributed by atoms with Gasteiger partial charge in [0.1, 0.15) is 11.5 Å². The van der Waals surface area contributed by atoms with Crippen LogP contribution >= 0.6 is 15.9 Å². The minimum Gasteiger partial charge on any atom is -0.485 e. The molecule has 30 heavy (non-hydrogen) atoms. The number of benzene rings is 3. The second-order valence-corrected chi connectivity index (χ2v) is 8.10. The fourth-order valence-electron chi connectivity index (χ4n) is 3.24. The van der Waals surface area contributed by atoms with Gasteiger partial charge in [-0.15, -0.1) is 0 Å². The summed E-state index contributed by atoms with van der Waals surface area (Å²) in [5.41, 5.74) is 3.89. The van der Waals surface area contributed by atoms with Crippen molar-refractivity contribution in [1.82, 2.24) is 0 Å². The van der Waals surface area contributed by atoms with E-state index in [2.05, 4.69) is 15.9 Å². The summed E-state index contributed by atoms with van der Waals surface area (Å²) in [7, 11) is 0. The lowest BCUT2D eigenvalue weighted by Crippen LogP contribution is -2.11. The molecule has 5 heteroatoms. The van der Waals surface area contributed by atoms with Gasteiger partial charge in [0, 0.05) is 16.1 Å². The first-order valence-corrected chi connectivity index (χ1v) is 10.3. The Bertz CT molecular complexity index is 1160. The molecule has 150 valence electrons. The monoisotopic (exact) mass is 462 g/mol. The summed E-state index contributed by atoms with van der Waals surface area (Å²) in [4.78, 5) is 25.1. The Morgan fingerprint density at radius 1 is 1.03 bits per heavy atom. The third kappa shape index (κ3) is 4.21.